The number of rotatable bonds is 7. The van der Waals surface area contributed by atoms with Gasteiger partial charge in [-0.15, -0.1) is 0 Å². The van der Waals surface area contributed by atoms with E-state index >= 15 is 0 Å². The van der Waals surface area contributed by atoms with Gasteiger partial charge in [0.25, 0.3) is 0 Å². The number of benzene rings is 1. The quantitative estimate of drug-likeness (QED) is 0.610. The van der Waals surface area contributed by atoms with Gasteiger partial charge < -0.3 is 24.4 Å². The molecule has 0 spiro atoms. The molecule has 1 aliphatic rings. The van der Waals surface area contributed by atoms with Crippen molar-refractivity contribution in [1.82, 2.24) is 0 Å². The zero-order valence-electron chi connectivity index (χ0n) is 12.5. The molecular weight excluding hydrogens is 256 g/mol. The smallest absolute Gasteiger partial charge is 0.161 e. The molecule has 1 aromatic rings. The second-order valence-corrected chi connectivity index (χ2v) is 5.08. The van der Waals surface area contributed by atoms with Crippen molar-refractivity contribution >= 4 is 0 Å². The van der Waals surface area contributed by atoms with Gasteiger partial charge in [0.15, 0.2) is 11.5 Å². The van der Waals surface area contributed by atoms with Gasteiger partial charge in [0.05, 0.1) is 27.4 Å². The Hall–Kier alpha value is -1.30. The predicted molar refractivity (Wildman–Crippen MR) is 76.4 cm³/mol. The Morgan fingerprint density at radius 3 is 2.60 bits per heavy atom. The first-order chi connectivity index (χ1) is 9.83. The van der Waals surface area contributed by atoms with Crippen molar-refractivity contribution in [3.05, 3.63) is 23.8 Å². The number of morpholine rings is 1. The van der Waals surface area contributed by atoms with Crippen LogP contribution >= 0.6 is 0 Å². The van der Waals surface area contributed by atoms with Crippen molar-refractivity contribution in [1.29, 1.82) is 0 Å². The summed E-state index contributed by atoms with van der Waals surface area (Å²) in [4.78, 5) is 1.65. The molecule has 1 saturated heterocycles. The summed E-state index contributed by atoms with van der Waals surface area (Å²) in [5.74, 6) is 1.59. The molecule has 5 heteroatoms. The van der Waals surface area contributed by atoms with E-state index < -0.39 is 0 Å². The molecule has 112 valence electrons. The average molecular weight is 282 g/mol. The summed E-state index contributed by atoms with van der Waals surface area (Å²) in [5.41, 5.74) is 1.26. The number of quaternary nitrogens is 2. The van der Waals surface area contributed by atoms with Gasteiger partial charge in [-0.3, -0.25) is 0 Å². The highest BCUT2D eigenvalue weighted by Gasteiger charge is 2.13. The molecule has 1 heterocycles. The maximum absolute atomic E-state index is 5.37. The van der Waals surface area contributed by atoms with Gasteiger partial charge in [-0.05, 0) is 18.2 Å². The SMILES string of the molecule is COc1ccc(C[NH2+]CC[NH+]2CCOCC2)cc1OC. The molecular formula is C15H26N2O3+2. The Labute approximate surface area is 120 Å². The molecule has 0 radical (unpaired) electrons. The molecule has 0 atom stereocenters. The fourth-order valence-electron chi connectivity index (χ4n) is 2.49. The third kappa shape index (κ3) is 4.37. The molecule has 2 rings (SSSR count). The lowest BCUT2D eigenvalue weighted by Gasteiger charge is -2.22. The van der Waals surface area contributed by atoms with Crippen LogP contribution in [0.2, 0.25) is 0 Å². The van der Waals surface area contributed by atoms with E-state index in [4.69, 9.17) is 14.2 Å². The Bertz CT molecular complexity index is 406. The lowest BCUT2D eigenvalue weighted by Crippen LogP contribution is -3.16. The molecule has 0 bridgehead atoms. The fraction of sp³-hybridized carbons (Fsp3) is 0.600. The van der Waals surface area contributed by atoms with E-state index in [0.717, 1.165) is 50.9 Å². The summed E-state index contributed by atoms with van der Waals surface area (Å²) in [7, 11) is 3.34. The number of ether oxygens (including phenoxy) is 3. The first-order valence-electron chi connectivity index (χ1n) is 7.27. The van der Waals surface area contributed by atoms with E-state index in [-0.39, 0.29) is 0 Å². The highest BCUT2D eigenvalue weighted by Crippen LogP contribution is 2.27. The van der Waals surface area contributed by atoms with Crippen molar-refractivity contribution in [3.63, 3.8) is 0 Å². The summed E-state index contributed by atoms with van der Waals surface area (Å²) >= 11 is 0. The van der Waals surface area contributed by atoms with E-state index in [1.165, 1.54) is 12.1 Å². The molecule has 0 saturated carbocycles. The van der Waals surface area contributed by atoms with Gasteiger partial charge in [0.2, 0.25) is 0 Å². The molecule has 1 aromatic carbocycles. The van der Waals surface area contributed by atoms with Crippen LogP contribution in [0.4, 0.5) is 0 Å². The molecule has 5 nitrogen and oxygen atoms in total. The van der Waals surface area contributed by atoms with Gasteiger partial charge in [0.1, 0.15) is 32.7 Å². The zero-order valence-corrected chi connectivity index (χ0v) is 12.5. The Morgan fingerprint density at radius 1 is 1.15 bits per heavy atom. The number of nitrogens with one attached hydrogen (secondary N) is 1. The van der Waals surface area contributed by atoms with Gasteiger partial charge in [0, 0.05) is 5.56 Å². The minimum atomic E-state index is 0.786. The van der Waals surface area contributed by atoms with Crippen molar-refractivity contribution in [3.8, 4) is 11.5 Å². The predicted octanol–water partition coefficient (Wildman–Crippen LogP) is -1.32. The molecule has 0 unspecified atom stereocenters. The number of methoxy groups -OCH3 is 2. The van der Waals surface area contributed by atoms with Crippen LogP contribution in [0.25, 0.3) is 0 Å². The molecule has 1 aliphatic heterocycles. The second kappa shape index (κ2) is 8.09. The minimum Gasteiger partial charge on any atom is -0.493 e. The first kappa shape index (κ1) is 15.1. The van der Waals surface area contributed by atoms with Crippen LogP contribution in [-0.4, -0.2) is 53.6 Å². The van der Waals surface area contributed by atoms with E-state index in [2.05, 4.69) is 17.4 Å². The maximum Gasteiger partial charge on any atom is 0.161 e. The van der Waals surface area contributed by atoms with Crippen LogP contribution in [0.15, 0.2) is 18.2 Å². The molecule has 3 N–H and O–H groups in total. The Balaban J connectivity index is 1.73. The maximum atomic E-state index is 5.37. The van der Waals surface area contributed by atoms with Crippen LogP contribution < -0.4 is 19.7 Å². The molecule has 0 amide bonds. The average Bonchev–Trinajstić information content (AvgIpc) is 2.52. The van der Waals surface area contributed by atoms with Crippen molar-refractivity contribution < 1.29 is 24.4 Å². The van der Waals surface area contributed by atoms with E-state index in [0.29, 0.717) is 0 Å². The minimum absolute atomic E-state index is 0.786. The summed E-state index contributed by atoms with van der Waals surface area (Å²) in [6.45, 7) is 7.43. The van der Waals surface area contributed by atoms with Gasteiger partial charge in [-0.1, -0.05) is 0 Å². The van der Waals surface area contributed by atoms with Crippen molar-refractivity contribution in [2.24, 2.45) is 0 Å². The van der Waals surface area contributed by atoms with E-state index in [9.17, 15) is 0 Å². The highest BCUT2D eigenvalue weighted by molar-refractivity contribution is 5.42. The van der Waals surface area contributed by atoms with Crippen LogP contribution in [0.5, 0.6) is 11.5 Å². The third-order valence-corrected chi connectivity index (χ3v) is 3.73. The molecule has 1 fully saturated rings. The van der Waals surface area contributed by atoms with E-state index in [1.807, 2.05) is 6.07 Å². The van der Waals surface area contributed by atoms with E-state index in [1.54, 1.807) is 19.1 Å². The summed E-state index contributed by atoms with van der Waals surface area (Å²) in [6.07, 6.45) is 0. The van der Waals surface area contributed by atoms with Crippen LogP contribution in [0, 0.1) is 0 Å². The largest absolute Gasteiger partial charge is 0.493 e. The summed E-state index contributed by atoms with van der Waals surface area (Å²) < 4.78 is 15.9. The van der Waals surface area contributed by atoms with Crippen LogP contribution in [0.3, 0.4) is 0 Å². The zero-order chi connectivity index (χ0) is 14.2. The van der Waals surface area contributed by atoms with Crippen LogP contribution in [0.1, 0.15) is 5.56 Å². The number of hydrogen-bond acceptors (Lipinski definition) is 3. The second-order valence-electron chi connectivity index (χ2n) is 5.08. The standard InChI is InChI=1S/C15H24N2O3/c1-18-14-4-3-13(11-15(14)19-2)12-16-5-6-17-7-9-20-10-8-17/h3-4,11,16H,5-10,12H2,1-2H3/p+2. The monoisotopic (exact) mass is 282 g/mol. The summed E-state index contributed by atoms with van der Waals surface area (Å²) in [5, 5.41) is 2.35. The van der Waals surface area contributed by atoms with Gasteiger partial charge >= 0.3 is 0 Å². The molecule has 20 heavy (non-hydrogen) atoms. The fourth-order valence-corrected chi connectivity index (χ4v) is 2.49. The lowest BCUT2D eigenvalue weighted by molar-refractivity contribution is -0.920. The van der Waals surface area contributed by atoms with Crippen molar-refractivity contribution in [2.45, 2.75) is 6.54 Å². The van der Waals surface area contributed by atoms with Gasteiger partial charge in [-0.25, -0.2) is 0 Å². The summed E-state index contributed by atoms with van der Waals surface area (Å²) in [6, 6.07) is 6.12. The highest BCUT2D eigenvalue weighted by atomic mass is 16.5. The number of nitrogens with two attached hydrogens (primary N) is 1. The third-order valence-electron chi connectivity index (χ3n) is 3.73. The normalized spacial score (nSPS) is 16.1. The molecule has 0 aromatic heterocycles. The lowest BCUT2D eigenvalue weighted by atomic mass is 10.2. The van der Waals surface area contributed by atoms with Crippen molar-refractivity contribution in [2.75, 3.05) is 53.6 Å². The topological polar surface area (TPSA) is 48.7 Å². The number of hydrogen-bond donors (Lipinski definition) is 2. The van der Waals surface area contributed by atoms with Crippen LogP contribution in [-0.2, 0) is 11.3 Å². The van der Waals surface area contributed by atoms with Gasteiger partial charge in [-0.2, -0.15) is 0 Å². The Kier molecular flexibility index (Phi) is 6.11. The first-order valence-corrected chi connectivity index (χ1v) is 7.27. The molecule has 0 aliphatic carbocycles. The Morgan fingerprint density at radius 2 is 1.90 bits per heavy atom.